The van der Waals surface area contributed by atoms with Crippen LogP contribution in [0, 0.1) is 6.92 Å². The zero-order valence-electron chi connectivity index (χ0n) is 13.2. The van der Waals surface area contributed by atoms with Gasteiger partial charge in [0, 0.05) is 18.3 Å². The van der Waals surface area contributed by atoms with Crippen LogP contribution < -0.4 is 10.6 Å². The van der Waals surface area contributed by atoms with Crippen molar-refractivity contribution in [1.29, 1.82) is 0 Å². The minimum absolute atomic E-state index is 0.286. The Bertz CT molecular complexity index is 623. The first kappa shape index (κ1) is 16.0. The quantitative estimate of drug-likeness (QED) is 0.876. The molecule has 0 aliphatic carbocycles. The standard InChI is InChI=1S/C18H22N2O2/c1-13-6-4-5-7-17(13)14(2)19-12-15-8-10-16(11-9-15)20-18(21)22-3/h4-11,14,19H,12H2,1-3H3,(H,20,21)/t14-/m0/s1. The molecular formula is C18H22N2O2. The van der Waals surface area contributed by atoms with E-state index in [0.29, 0.717) is 0 Å². The molecule has 2 aromatic rings. The maximum Gasteiger partial charge on any atom is 0.411 e. The molecule has 1 atom stereocenters. The predicted octanol–water partition coefficient (Wildman–Crippen LogP) is 4.02. The molecule has 0 bridgehead atoms. The first-order valence-corrected chi connectivity index (χ1v) is 7.33. The Hall–Kier alpha value is -2.33. The van der Waals surface area contributed by atoms with Crippen molar-refractivity contribution in [3.63, 3.8) is 0 Å². The smallest absolute Gasteiger partial charge is 0.411 e. The van der Waals surface area contributed by atoms with Crippen molar-refractivity contribution < 1.29 is 9.53 Å². The molecule has 0 spiro atoms. The second-order valence-corrected chi connectivity index (χ2v) is 5.27. The Balaban J connectivity index is 1.92. The van der Waals surface area contributed by atoms with Crippen LogP contribution in [0.4, 0.5) is 10.5 Å². The van der Waals surface area contributed by atoms with Crippen molar-refractivity contribution >= 4 is 11.8 Å². The van der Waals surface area contributed by atoms with Gasteiger partial charge < -0.3 is 10.1 Å². The van der Waals surface area contributed by atoms with Gasteiger partial charge in [-0.15, -0.1) is 0 Å². The number of amides is 1. The van der Waals surface area contributed by atoms with Crippen molar-refractivity contribution in [3.05, 3.63) is 65.2 Å². The van der Waals surface area contributed by atoms with Crippen LogP contribution in [0.1, 0.15) is 29.7 Å². The van der Waals surface area contributed by atoms with Crippen LogP contribution >= 0.6 is 0 Å². The Morgan fingerprint density at radius 3 is 2.45 bits per heavy atom. The van der Waals surface area contributed by atoms with Crippen LogP contribution in [0.15, 0.2) is 48.5 Å². The molecule has 0 saturated heterocycles. The predicted molar refractivity (Wildman–Crippen MR) is 88.9 cm³/mol. The molecule has 0 heterocycles. The molecule has 0 aromatic heterocycles. The number of nitrogens with one attached hydrogen (secondary N) is 2. The number of ether oxygens (including phenoxy) is 1. The maximum absolute atomic E-state index is 11.1. The van der Waals surface area contributed by atoms with E-state index in [-0.39, 0.29) is 6.04 Å². The number of carbonyl (C=O) groups is 1. The van der Waals surface area contributed by atoms with Crippen molar-refractivity contribution in [2.45, 2.75) is 26.4 Å². The van der Waals surface area contributed by atoms with Crippen LogP contribution in [-0.2, 0) is 11.3 Å². The molecule has 116 valence electrons. The van der Waals surface area contributed by atoms with Gasteiger partial charge in [0.25, 0.3) is 0 Å². The van der Waals surface area contributed by atoms with Crippen LogP contribution in [0.2, 0.25) is 0 Å². The summed E-state index contributed by atoms with van der Waals surface area (Å²) >= 11 is 0. The Labute approximate surface area is 131 Å². The highest BCUT2D eigenvalue weighted by molar-refractivity contribution is 5.84. The molecule has 0 saturated carbocycles. The summed E-state index contributed by atoms with van der Waals surface area (Å²) in [6, 6.07) is 16.4. The van der Waals surface area contributed by atoms with Gasteiger partial charge in [-0.1, -0.05) is 36.4 Å². The number of rotatable bonds is 5. The molecule has 2 rings (SSSR count). The summed E-state index contributed by atoms with van der Waals surface area (Å²) in [5.41, 5.74) is 4.49. The number of anilines is 1. The lowest BCUT2D eigenvalue weighted by Gasteiger charge is -2.16. The summed E-state index contributed by atoms with van der Waals surface area (Å²) in [6.45, 7) is 5.06. The van der Waals surface area contributed by atoms with E-state index in [1.807, 2.05) is 24.3 Å². The van der Waals surface area contributed by atoms with Gasteiger partial charge in [-0.3, -0.25) is 5.32 Å². The molecule has 2 aromatic carbocycles. The van der Waals surface area contributed by atoms with Gasteiger partial charge >= 0.3 is 6.09 Å². The number of hydrogen-bond acceptors (Lipinski definition) is 3. The Kier molecular flexibility index (Phi) is 5.55. The summed E-state index contributed by atoms with van der Waals surface area (Å²) in [5.74, 6) is 0. The minimum Gasteiger partial charge on any atom is -0.453 e. The fourth-order valence-electron chi connectivity index (χ4n) is 2.33. The topological polar surface area (TPSA) is 50.4 Å². The van der Waals surface area contributed by atoms with Gasteiger partial charge in [-0.2, -0.15) is 0 Å². The highest BCUT2D eigenvalue weighted by Gasteiger charge is 2.07. The molecule has 0 unspecified atom stereocenters. The van der Waals surface area contributed by atoms with Gasteiger partial charge in [0.15, 0.2) is 0 Å². The molecule has 0 aliphatic heterocycles. The first-order valence-electron chi connectivity index (χ1n) is 7.33. The van der Waals surface area contributed by atoms with E-state index >= 15 is 0 Å². The number of hydrogen-bond donors (Lipinski definition) is 2. The largest absolute Gasteiger partial charge is 0.453 e. The highest BCUT2D eigenvalue weighted by Crippen LogP contribution is 2.17. The molecule has 22 heavy (non-hydrogen) atoms. The van der Waals surface area contributed by atoms with Gasteiger partial charge in [0.2, 0.25) is 0 Å². The van der Waals surface area contributed by atoms with Gasteiger partial charge in [0.1, 0.15) is 0 Å². The van der Waals surface area contributed by atoms with Crippen LogP contribution in [0.5, 0.6) is 0 Å². The second-order valence-electron chi connectivity index (χ2n) is 5.27. The van der Waals surface area contributed by atoms with Gasteiger partial charge in [-0.25, -0.2) is 4.79 Å². The van der Waals surface area contributed by atoms with Crippen molar-refractivity contribution in [1.82, 2.24) is 5.32 Å². The lowest BCUT2D eigenvalue weighted by Crippen LogP contribution is -2.19. The summed E-state index contributed by atoms with van der Waals surface area (Å²) < 4.78 is 4.56. The number of carbonyl (C=O) groups excluding carboxylic acids is 1. The molecule has 2 N–H and O–H groups in total. The SMILES string of the molecule is COC(=O)Nc1ccc(CN[C@@H](C)c2ccccc2C)cc1. The van der Waals surface area contributed by atoms with Crippen molar-refractivity contribution in [3.8, 4) is 0 Å². The van der Waals surface area contributed by atoms with Crippen molar-refractivity contribution in [2.24, 2.45) is 0 Å². The zero-order valence-corrected chi connectivity index (χ0v) is 13.2. The molecule has 0 radical (unpaired) electrons. The summed E-state index contributed by atoms with van der Waals surface area (Å²) in [7, 11) is 1.35. The fraction of sp³-hybridized carbons (Fsp3) is 0.278. The molecule has 0 aliphatic rings. The Morgan fingerprint density at radius 2 is 1.82 bits per heavy atom. The minimum atomic E-state index is -0.459. The number of methoxy groups -OCH3 is 1. The average molecular weight is 298 g/mol. The monoisotopic (exact) mass is 298 g/mol. The second kappa shape index (κ2) is 7.61. The van der Waals surface area contributed by atoms with E-state index in [9.17, 15) is 4.79 Å². The third-order valence-corrected chi connectivity index (χ3v) is 3.65. The van der Waals surface area contributed by atoms with Crippen LogP contribution in [-0.4, -0.2) is 13.2 Å². The van der Waals surface area contributed by atoms with Crippen LogP contribution in [0.25, 0.3) is 0 Å². The third-order valence-electron chi connectivity index (χ3n) is 3.65. The molecular weight excluding hydrogens is 276 g/mol. The Morgan fingerprint density at radius 1 is 1.14 bits per heavy atom. The van der Waals surface area contributed by atoms with E-state index in [4.69, 9.17) is 0 Å². The molecule has 0 fully saturated rings. The van der Waals surface area contributed by atoms with E-state index in [0.717, 1.165) is 17.8 Å². The van der Waals surface area contributed by atoms with Crippen LogP contribution in [0.3, 0.4) is 0 Å². The van der Waals surface area contributed by atoms with Crippen molar-refractivity contribution in [2.75, 3.05) is 12.4 Å². The average Bonchev–Trinajstić information content (AvgIpc) is 2.54. The highest BCUT2D eigenvalue weighted by atomic mass is 16.5. The fourth-order valence-corrected chi connectivity index (χ4v) is 2.33. The van der Waals surface area contributed by atoms with E-state index in [1.165, 1.54) is 18.2 Å². The first-order chi connectivity index (χ1) is 10.6. The lowest BCUT2D eigenvalue weighted by molar-refractivity contribution is 0.187. The molecule has 1 amide bonds. The molecule has 4 nitrogen and oxygen atoms in total. The summed E-state index contributed by atoms with van der Waals surface area (Å²) in [6.07, 6.45) is -0.459. The summed E-state index contributed by atoms with van der Waals surface area (Å²) in [5, 5.41) is 6.15. The van der Waals surface area contributed by atoms with E-state index in [2.05, 4.69) is 53.5 Å². The molecule has 4 heteroatoms. The van der Waals surface area contributed by atoms with Gasteiger partial charge in [0.05, 0.1) is 7.11 Å². The van der Waals surface area contributed by atoms with E-state index < -0.39 is 6.09 Å². The summed E-state index contributed by atoms with van der Waals surface area (Å²) in [4.78, 5) is 11.1. The maximum atomic E-state index is 11.1. The number of aryl methyl sites for hydroxylation is 1. The lowest BCUT2D eigenvalue weighted by atomic mass is 10.0. The third kappa shape index (κ3) is 4.33. The van der Waals surface area contributed by atoms with E-state index in [1.54, 1.807) is 0 Å². The normalized spacial score (nSPS) is 11.8. The van der Waals surface area contributed by atoms with Gasteiger partial charge in [-0.05, 0) is 42.7 Å². The zero-order chi connectivity index (χ0) is 15.9. The number of benzene rings is 2.